The molecule has 2 fully saturated rings. The Balaban J connectivity index is 1.06. The van der Waals surface area contributed by atoms with Gasteiger partial charge in [-0.1, -0.05) is 147 Å². The first-order valence-electron chi connectivity index (χ1n) is 24.9. The summed E-state index contributed by atoms with van der Waals surface area (Å²) in [5.74, 6) is 0.908. The second kappa shape index (κ2) is 15.5. The van der Waals surface area contributed by atoms with Gasteiger partial charge in [0.05, 0.1) is 22.7 Å². The van der Waals surface area contributed by atoms with Crippen LogP contribution < -0.4 is 9.80 Å². The summed E-state index contributed by atoms with van der Waals surface area (Å²) in [4.78, 5) is 5.10. The lowest BCUT2D eigenvalue weighted by atomic mass is 9.90. The molecule has 0 amide bonds. The van der Waals surface area contributed by atoms with Crippen molar-refractivity contribution in [2.24, 2.45) is 0 Å². The van der Waals surface area contributed by atoms with Gasteiger partial charge < -0.3 is 18.6 Å². The fraction of sp³-hybridized carbons (Fsp3) is 0.188. The lowest BCUT2D eigenvalue weighted by molar-refractivity contribution is 0.664. The maximum absolute atomic E-state index is 7.04. The van der Waals surface area contributed by atoms with E-state index in [0.717, 1.165) is 78.0 Å². The van der Waals surface area contributed by atoms with E-state index in [1.54, 1.807) is 0 Å². The van der Waals surface area contributed by atoms with Gasteiger partial charge >= 0.3 is 0 Å². The first-order chi connectivity index (χ1) is 33.6. The average Bonchev–Trinajstić information content (AvgIpc) is 4.22. The number of hydrogen-bond donors (Lipinski definition) is 0. The maximum Gasteiger partial charge on any atom is 0.159 e. The minimum atomic E-state index is 0.454. The average molecular weight is 881 g/mol. The summed E-state index contributed by atoms with van der Waals surface area (Å²) >= 11 is 0. The number of hydrogen-bond acceptors (Lipinski definition) is 4. The number of aryl methyl sites for hydroxylation is 2. The molecule has 2 aromatic heterocycles. The highest BCUT2D eigenvalue weighted by atomic mass is 16.3. The summed E-state index contributed by atoms with van der Waals surface area (Å²) in [5, 5.41) is 12.1. The van der Waals surface area contributed by atoms with E-state index < -0.39 is 0 Å². The molecule has 2 aliphatic carbocycles. The predicted octanol–water partition coefficient (Wildman–Crippen LogP) is 19.3. The molecule has 2 saturated carbocycles. The molecule has 4 heteroatoms. The van der Waals surface area contributed by atoms with Crippen LogP contribution in [0.3, 0.4) is 0 Å². The van der Waals surface area contributed by atoms with Crippen LogP contribution >= 0.6 is 0 Å². The minimum Gasteiger partial charge on any atom is -0.454 e. The Bertz CT molecular complexity index is 3680. The van der Waals surface area contributed by atoms with E-state index in [-0.39, 0.29) is 0 Å². The molecule has 330 valence electrons. The lowest BCUT2D eigenvalue weighted by Gasteiger charge is -2.32. The molecule has 0 saturated heterocycles. The van der Waals surface area contributed by atoms with Crippen molar-refractivity contribution >= 4 is 110 Å². The number of benzene rings is 10. The van der Waals surface area contributed by atoms with Crippen molar-refractivity contribution in [2.75, 3.05) is 9.80 Å². The van der Waals surface area contributed by atoms with Crippen molar-refractivity contribution < 1.29 is 8.83 Å². The van der Waals surface area contributed by atoms with Crippen LogP contribution in [0.5, 0.6) is 0 Å². The number of fused-ring (bicyclic) bond motifs is 6. The lowest BCUT2D eigenvalue weighted by Crippen LogP contribution is -2.15. The smallest absolute Gasteiger partial charge is 0.159 e. The van der Waals surface area contributed by atoms with E-state index in [0.29, 0.717) is 11.8 Å². The van der Waals surface area contributed by atoms with Gasteiger partial charge in [0.25, 0.3) is 0 Å². The predicted molar refractivity (Wildman–Crippen MR) is 286 cm³/mol. The first-order valence-corrected chi connectivity index (χ1v) is 24.9. The fourth-order valence-electron chi connectivity index (χ4n) is 12.6. The minimum absolute atomic E-state index is 0.454. The van der Waals surface area contributed by atoms with Crippen LogP contribution in [0.2, 0.25) is 0 Å². The Labute approximate surface area is 396 Å². The van der Waals surface area contributed by atoms with Crippen LogP contribution in [-0.2, 0) is 0 Å². The quantitative estimate of drug-likeness (QED) is 0.142. The van der Waals surface area contributed by atoms with E-state index in [1.165, 1.54) is 106 Å². The van der Waals surface area contributed by atoms with Gasteiger partial charge in [-0.3, -0.25) is 0 Å². The van der Waals surface area contributed by atoms with Gasteiger partial charge in [0.15, 0.2) is 11.2 Å². The summed E-state index contributed by atoms with van der Waals surface area (Å²) in [7, 11) is 0. The molecule has 2 heterocycles. The largest absolute Gasteiger partial charge is 0.454 e. The molecule has 0 unspecified atom stereocenters. The van der Waals surface area contributed by atoms with E-state index in [9.17, 15) is 0 Å². The molecule has 0 bridgehead atoms. The second-order valence-corrected chi connectivity index (χ2v) is 19.9. The van der Waals surface area contributed by atoms with Crippen molar-refractivity contribution in [3.8, 4) is 0 Å². The third-order valence-corrected chi connectivity index (χ3v) is 15.8. The van der Waals surface area contributed by atoms with Crippen LogP contribution in [0.15, 0.2) is 179 Å². The SMILES string of the molecule is Cc1cccc(N(c2ccc3ccc4c(N(c5cccc(C)c5)c5c(C6CCCC6)ccc6c5oc5ccccc56)ccc5ccc2c3c54)c2c(C3CCCC3)ccc3c2oc2ccccc23)c1. The number of nitrogens with zero attached hydrogens (tertiary/aromatic N) is 2. The van der Waals surface area contributed by atoms with Gasteiger partial charge in [0.2, 0.25) is 0 Å². The van der Waals surface area contributed by atoms with Crippen LogP contribution in [0, 0.1) is 13.8 Å². The number of para-hydroxylation sites is 2. The van der Waals surface area contributed by atoms with E-state index in [4.69, 9.17) is 8.83 Å². The van der Waals surface area contributed by atoms with E-state index in [2.05, 4.69) is 194 Å². The highest BCUT2D eigenvalue weighted by molar-refractivity contribution is 6.29. The van der Waals surface area contributed by atoms with Crippen molar-refractivity contribution in [1.82, 2.24) is 0 Å². The zero-order valence-electron chi connectivity index (χ0n) is 38.7. The highest BCUT2D eigenvalue weighted by Crippen LogP contribution is 2.54. The fourth-order valence-corrected chi connectivity index (χ4v) is 12.6. The zero-order valence-corrected chi connectivity index (χ0v) is 38.7. The van der Waals surface area contributed by atoms with E-state index >= 15 is 0 Å². The molecule has 0 aliphatic heterocycles. The zero-order chi connectivity index (χ0) is 45.0. The normalized spacial score (nSPS) is 14.9. The Morgan fingerprint density at radius 2 is 0.794 bits per heavy atom. The summed E-state index contributed by atoms with van der Waals surface area (Å²) in [6.07, 6.45) is 9.74. The molecule has 14 rings (SSSR count). The highest BCUT2D eigenvalue weighted by Gasteiger charge is 2.32. The van der Waals surface area contributed by atoms with Crippen molar-refractivity contribution in [3.63, 3.8) is 0 Å². The summed E-state index contributed by atoms with van der Waals surface area (Å²) in [5.41, 5.74) is 15.9. The monoisotopic (exact) mass is 880 g/mol. The molecule has 10 aromatic carbocycles. The van der Waals surface area contributed by atoms with Gasteiger partial charge in [0.1, 0.15) is 11.2 Å². The first kappa shape index (κ1) is 39.6. The van der Waals surface area contributed by atoms with Gasteiger partial charge in [-0.2, -0.15) is 0 Å². The molecular weight excluding hydrogens is 829 g/mol. The number of anilines is 6. The molecule has 12 aromatic rings. The van der Waals surface area contributed by atoms with Gasteiger partial charge in [-0.05, 0) is 144 Å². The standard InChI is InChI=1S/C64H52N2O2/c1-39-13-11-19-45(37-39)65(61-47(41-15-3-4-16-41)31-33-51-49-21-7-9-23-57(49)67-63(51)61)55-35-27-43-26-30-54-56(36-28-44-25-29-53(55)59(43)60(44)54)66(46-20-12-14-40(2)38-46)62-48(42-17-5-6-18-42)32-34-52-50-22-8-10-24-58(50)68-64(52)62/h7-14,19-38,41-42H,3-6,15-18H2,1-2H3. The maximum atomic E-state index is 7.04. The molecule has 68 heavy (non-hydrogen) atoms. The Hall–Kier alpha value is -7.56. The van der Waals surface area contributed by atoms with Gasteiger partial charge in [-0.25, -0.2) is 0 Å². The Morgan fingerprint density at radius 3 is 1.24 bits per heavy atom. The number of furan rings is 2. The third kappa shape index (κ3) is 6.06. The summed E-state index contributed by atoms with van der Waals surface area (Å²) < 4.78 is 14.1. The Kier molecular flexibility index (Phi) is 9.03. The topological polar surface area (TPSA) is 32.8 Å². The van der Waals surface area contributed by atoms with Crippen molar-refractivity contribution in [3.05, 3.63) is 192 Å². The molecule has 0 N–H and O–H groups in total. The van der Waals surface area contributed by atoms with Crippen molar-refractivity contribution in [1.29, 1.82) is 0 Å². The third-order valence-electron chi connectivity index (χ3n) is 15.8. The Morgan fingerprint density at radius 1 is 0.382 bits per heavy atom. The molecule has 0 atom stereocenters. The van der Waals surface area contributed by atoms with E-state index in [1.807, 2.05) is 0 Å². The summed E-state index contributed by atoms with van der Waals surface area (Å²) in [6, 6.07) is 63.5. The van der Waals surface area contributed by atoms with Crippen LogP contribution in [0.4, 0.5) is 34.1 Å². The number of rotatable bonds is 8. The molecule has 4 nitrogen and oxygen atoms in total. The summed E-state index contributed by atoms with van der Waals surface area (Å²) in [6.45, 7) is 4.41. The second-order valence-electron chi connectivity index (χ2n) is 19.9. The van der Waals surface area contributed by atoms with Gasteiger partial charge in [-0.15, -0.1) is 0 Å². The van der Waals surface area contributed by atoms with Crippen LogP contribution in [0.1, 0.15) is 85.5 Å². The van der Waals surface area contributed by atoms with Crippen LogP contribution in [0.25, 0.3) is 76.2 Å². The molecule has 0 radical (unpaired) electrons. The van der Waals surface area contributed by atoms with Crippen molar-refractivity contribution in [2.45, 2.75) is 77.0 Å². The molecular formula is C64H52N2O2. The molecule has 2 aliphatic rings. The van der Waals surface area contributed by atoms with Crippen LogP contribution in [-0.4, -0.2) is 0 Å². The van der Waals surface area contributed by atoms with Gasteiger partial charge in [0, 0.05) is 43.7 Å². The molecule has 0 spiro atoms.